The molecular weight excluding hydrogens is 222 g/mol. The number of hydrogen-bond acceptors (Lipinski definition) is 4. The van der Waals surface area contributed by atoms with Gasteiger partial charge in [-0.25, -0.2) is 4.98 Å². The fourth-order valence-corrected chi connectivity index (χ4v) is 2.02. The van der Waals surface area contributed by atoms with E-state index in [0.717, 1.165) is 36.0 Å². The lowest BCUT2D eigenvalue weighted by atomic mass is 9.94. The summed E-state index contributed by atoms with van der Waals surface area (Å²) in [5.41, 5.74) is 0.0305. The molecule has 0 aliphatic heterocycles. The topological polar surface area (TPSA) is 46.3 Å². The molecule has 0 aliphatic carbocycles. The summed E-state index contributed by atoms with van der Waals surface area (Å²) in [4.78, 5) is 4.25. The predicted octanol–water partition coefficient (Wildman–Crippen LogP) is 3.23. The highest BCUT2D eigenvalue weighted by Gasteiger charge is 2.19. The third-order valence-electron chi connectivity index (χ3n) is 2.25. The van der Waals surface area contributed by atoms with Crippen molar-refractivity contribution in [1.82, 2.24) is 4.98 Å². The molecule has 1 rings (SSSR count). The highest BCUT2D eigenvalue weighted by Crippen LogP contribution is 2.27. The molecule has 0 amide bonds. The molecule has 0 aliphatic rings. The second kappa shape index (κ2) is 6.30. The normalized spacial score (nSPS) is 12.0. The van der Waals surface area contributed by atoms with Gasteiger partial charge in [-0.1, -0.05) is 39.0 Å². The van der Waals surface area contributed by atoms with Crippen LogP contribution >= 0.6 is 11.8 Å². The van der Waals surface area contributed by atoms with E-state index in [1.165, 1.54) is 0 Å². The average molecular weight is 243 g/mol. The van der Waals surface area contributed by atoms with Crippen LogP contribution in [0.1, 0.15) is 45.8 Å². The van der Waals surface area contributed by atoms with Gasteiger partial charge in [0.2, 0.25) is 0 Å². The van der Waals surface area contributed by atoms with Gasteiger partial charge in [-0.2, -0.15) is 0 Å². The monoisotopic (exact) mass is 243 g/mol. The zero-order valence-corrected chi connectivity index (χ0v) is 11.1. The average Bonchev–Trinajstić information content (AvgIpc) is 2.65. The summed E-state index contributed by atoms with van der Waals surface area (Å²) in [5.74, 6) is 1.94. The standard InChI is InChI=1S/C12H21NO2S/c1-12(2,3)10-9-13-11(15-10)16-8-6-4-5-7-14/h9,14H,4-8H2,1-3H3. The van der Waals surface area contributed by atoms with E-state index in [2.05, 4.69) is 25.8 Å². The van der Waals surface area contributed by atoms with Crippen LogP contribution in [0.5, 0.6) is 0 Å². The summed E-state index contributed by atoms with van der Waals surface area (Å²) in [7, 11) is 0. The molecule has 0 unspecified atom stereocenters. The van der Waals surface area contributed by atoms with Crippen molar-refractivity contribution in [2.45, 2.75) is 50.7 Å². The van der Waals surface area contributed by atoms with Crippen LogP contribution < -0.4 is 0 Å². The molecule has 92 valence electrons. The third kappa shape index (κ3) is 4.58. The molecule has 0 atom stereocenters. The summed E-state index contributed by atoms with van der Waals surface area (Å²) in [6.07, 6.45) is 4.87. The second-order valence-corrected chi connectivity index (χ2v) is 5.92. The molecule has 0 bridgehead atoms. The first-order valence-electron chi connectivity index (χ1n) is 5.74. The number of hydrogen-bond donors (Lipinski definition) is 1. The zero-order chi connectivity index (χ0) is 12.0. The molecule has 1 aromatic rings. The predicted molar refractivity (Wildman–Crippen MR) is 66.9 cm³/mol. The fourth-order valence-electron chi connectivity index (χ4n) is 1.22. The Hall–Kier alpha value is -0.480. The maximum atomic E-state index is 8.64. The SMILES string of the molecule is CC(C)(C)c1cnc(SCCCCCO)o1. The van der Waals surface area contributed by atoms with Gasteiger partial charge in [0.1, 0.15) is 5.76 Å². The fraction of sp³-hybridized carbons (Fsp3) is 0.750. The second-order valence-electron chi connectivity index (χ2n) is 4.87. The first kappa shape index (κ1) is 13.6. The maximum absolute atomic E-state index is 8.64. The summed E-state index contributed by atoms with van der Waals surface area (Å²) < 4.78 is 5.66. The summed E-state index contributed by atoms with van der Waals surface area (Å²) in [6, 6.07) is 0. The van der Waals surface area contributed by atoms with Crippen molar-refractivity contribution in [3.8, 4) is 0 Å². The number of unbranched alkanes of at least 4 members (excludes halogenated alkanes) is 2. The van der Waals surface area contributed by atoms with Gasteiger partial charge in [-0.3, -0.25) is 0 Å². The molecule has 0 fully saturated rings. The van der Waals surface area contributed by atoms with Crippen LogP contribution in [0.4, 0.5) is 0 Å². The number of aliphatic hydroxyl groups is 1. The minimum atomic E-state index is 0.0305. The number of oxazole rings is 1. The lowest BCUT2D eigenvalue weighted by molar-refractivity contribution is 0.284. The molecule has 0 aromatic carbocycles. The van der Waals surface area contributed by atoms with Crippen LogP contribution in [-0.4, -0.2) is 22.5 Å². The molecule has 0 saturated heterocycles. The Morgan fingerprint density at radius 1 is 1.31 bits per heavy atom. The van der Waals surface area contributed by atoms with Gasteiger partial charge in [0.05, 0.1) is 6.20 Å². The van der Waals surface area contributed by atoms with Crippen LogP contribution in [0.3, 0.4) is 0 Å². The van der Waals surface area contributed by atoms with Crippen molar-refractivity contribution < 1.29 is 9.52 Å². The quantitative estimate of drug-likeness (QED) is 0.615. The van der Waals surface area contributed by atoms with Gasteiger partial charge in [-0.15, -0.1) is 0 Å². The number of nitrogens with zero attached hydrogens (tertiary/aromatic N) is 1. The molecule has 3 nitrogen and oxygen atoms in total. The summed E-state index contributed by atoms with van der Waals surface area (Å²) in [5, 5.41) is 9.40. The molecule has 0 spiro atoms. The number of aromatic nitrogens is 1. The molecular formula is C12H21NO2S. The van der Waals surface area contributed by atoms with Crippen molar-refractivity contribution in [3.63, 3.8) is 0 Å². The van der Waals surface area contributed by atoms with Gasteiger partial charge in [0.15, 0.2) is 0 Å². The van der Waals surface area contributed by atoms with Gasteiger partial charge >= 0.3 is 0 Å². The van der Waals surface area contributed by atoms with E-state index in [9.17, 15) is 0 Å². The Balaban J connectivity index is 2.30. The molecule has 1 N–H and O–H groups in total. The zero-order valence-electron chi connectivity index (χ0n) is 10.3. The first-order valence-corrected chi connectivity index (χ1v) is 6.72. The Bertz CT molecular complexity index is 304. The largest absolute Gasteiger partial charge is 0.436 e. The van der Waals surface area contributed by atoms with E-state index in [1.807, 2.05) is 6.20 Å². The van der Waals surface area contributed by atoms with E-state index in [4.69, 9.17) is 9.52 Å². The molecule has 0 radical (unpaired) electrons. The van der Waals surface area contributed by atoms with Crippen LogP contribution in [-0.2, 0) is 5.41 Å². The third-order valence-corrected chi connectivity index (χ3v) is 3.18. The minimum absolute atomic E-state index is 0.0305. The minimum Gasteiger partial charge on any atom is -0.436 e. The summed E-state index contributed by atoms with van der Waals surface area (Å²) in [6.45, 7) is 6.63. The highest BCUT2D eigenvalue weighted by atomic mass is 32.2. The van der Waals surface area contributed by atoms with Crippen molar-refractivity contribution in [2.75, 3.05) is 12.4 Å². The van der Waals surface area contributed by atoms with E-state index in [0.29, 0.717) is 0 Å². The molecule has 0 saturated carbocycles. The Morgan fingerprint density at radius 3 is 2.62 bits per heavy atom. The Labute approximate surface area is 102 Å². The van der Waals surface area contributed by atoms with E-state index in [1.54, 1.807) is 11.8 Å². The van der Waals surface area contributed by atoms with Gasteiger partial charge in [-0.05, 0) is 12.8 Å². The Morgan fingerprint density at radius 2 is 2.06 bits per heavy atom. The maximum Gasteiger partial charge on any atom is 0.255 e. The van der Waals surface area contributed by atoms with Crippen LogP contribution in [0.15, 0.2) is 15.8 Å². The molecule has 16 heavy (non-hydrogen) atoms. The highest BCUT2D eigenvalue weighted by molar-refractivity contribution is 7.99. The van der Waals surface area contributed by atoms with Crippen LogP contribution in [0.25, 0.3) is 0 Å². The van der Waals surface area contributed by atoms with E-state index >= 15 is 0 Å². The van der Waals surface area contributed by atoms with Crippen molar-refractivity contribution in [2.24, 2.45) is 0 Å². The van der Waals surface area contributed by atoms with Crippen molar-refractivity contribution in [1.29, 1.82) is 0 Å². The lowest BCUT2D eigenvalue weighted by Crippen LogP contribution is -2.09. The van der Waals surface area contributed by atoms with Gasteiger partial charge < -0.3 is 9.52 Å². The first-order chi connectivity index (χ1) is 7.54. The van der Waals surface area contributed by atoms with Crippen molar-refractivity contribution in [3.05, 3.63) is 12.0 Å². The van der Waals surface area contributed by atoms with Crippen LogP contribution in [0, 0.1) is 0 Å². The molecule has 1 aromatic heterocycles. The van der Waals surface area contributed by atoms with E-state index in [-0.39, 0.29) is 12.0 Å². The van der Waals surface area contributed by atoms with Gasteiger partial charge in [0, 0.05) is 17.8 Å². The Kier molecular flexibility index (Phi) is 5.35. The number of aliphatic hydroxyl groups excluding tert-OH is 1. The number of thioether (sulfide) groups is 1. The molecule has 4 heteroatoms. The van der Waals surface area contributed by atoms with Gasteiger partial charge in [0.25, 0.3) is 5.22 Å². The van der Waals surface area contributed by atoms with E-state index < -0.39 is 0 Å². The molecule has 1 heterocycles. The van der Waals surface area contributed by atoms with Crippen molar-refractivity contribution >= 4 is 11.8 Å². The van der Waals surface area contributed by atoms with Crippen LogP contribution in [0.2, 0.25) is 0 Å². The number of rotatable bonds is 6. The smallest absolute Gasteiger partial charge is 0.255 e. The summed E-state index contributed by atoms with van der Waals surface area (Å²) >= 11 is 1.65. The lowest BCUT2D eigenvalue weighted by Gasteiger charge is -2.12.